The molecule has 4 aliphatic rings. The lowest BCUT2D eigenvalue weighted by molar-refractivity contribution is -0.0502. The van der Waals surface area contributed by atoms with Crippen LogP contribution < -0.4 is 10.1 Å². The van der Waals surface area contributed by atoms with Crippen molar-refractivity contribution in [2.45, 2.75) is 44.8 Å². The standard InChI is InChI=1S/C18H21F2NO2/c19-18(20)23-15-4-2-1-3-14(15)17(22)21-16-12-6-10-5-11(8-12)9-13(16)7-10/h1-4,10-13,16,18H,5-9H2,(H,21,22). The van der Waals surface area contributed by atoms with Gasteiger partial charge in [-0.25, -0.2) is 0 Å². The van der Waals surface area contributed by atoms with Gasteiger partial charge in [0.15, 0.2) is 0 Å². The van der Waals surface area contributed by atoms with Gasteiger partial charge in [0.05, 0.1) is 5.56 Å². The fourth-order valence-corrected chi connectivity index (χ4v) is 5.24. The molecular formula is C18H21F2NO2. The van der Waals surface area contributed by atoms with Crippen LogP contribution in [0, 0.1) is 23.7 Å². The Hall–Kier alpha value is -1.65. The monoisotopic (exact) mass is 321 g/mol. The molecule has 1 aromatic rings. The summed E-state index contributed by atoms with van der Waals surface area (Å²) in [6, 6.07) is 6.41. The summed E-state index contributed by atoms with van der Waals surface area (Å²) in [5, 5.41) is 3.13. The van der Waals surface area contributed by atoms with Crippen LogP contribution in [0.1, 0.15) is 42.5 Å². The third-order valence-electron chi connectivity index (χ3n) is 5.87. The topological polar surface area (TPSA) is 38.3 Å². The van der Waals surface area contributed by atoms with Crippen molar-refractivity contribution >= 4 is 5.91 Å². The third kappa shape index (κ3) is 2.81. The van der Waals surface area contributed by atoms with E-state index >= 15 is 0 Å². The minimum absolute atomic E-state index is 0.0520. The molecule has 4 saturated carbocycles. The molecule has 4 fully saturated rings. The largest absolute Gasteiger partial charge is 0.434 e. The van der Waals surface area contributed by atoms with Crippen molar-refractivity contribution in [2.24, 2.45) is 23.7 Å². The van der Waals surface area contributed by atoms with Crippen LogP contribution in [-0.2, 0) is 0 Å². The number of carbonyl (C=O) groups excluding carboxylic acids is 1. The molecular weight excluding hydrogens is 300 g/mol. The minimum atomic E-state index is -2.93. The second kappa shape index (κ2) is 5.77. The van der Waals surface area contributed by atoms with Gasteiger partial charge in [0.2, 0.25) is 0 Å². The number of alkyl halides is 2. The Morgan fingerprint density at radius 3 is 2.26 bits per heavy atom. The average molecular weight is 321 g/mol. The number of rotatable bonds is 4. The molecule has 0 aromatic heterocycles. The van der Waals surface area contributed by atoms with Gasteiger partial charge < -0.3 is 10.1 Å². The molecule has 0 saturated heterocycles. The van der Waals surface area contributed by atoms with Gasteiger partial charge >= 0.3 is 6.61 Å². The van der Waals surface area contributed by atoms with E-state index in [2.05, 4.69) is 10.1 Å². The van der Waals surface area contributed by atoms with Crippen LogP contribution >= 0.6 is 0 Å². The summed E-state index contributed by atoms with van der Waals surface area (Å²) in [5.74, 6) is 2.43. The molecule has 0 radical (unpaired) electrons. The lowest BCUT2D eigenvalue weighted by Gasteiger charge is -2.54. The molecule has 1 N–H and O–H groups in total. The average Bonchev–Trinajstić information content (AvgIpc) is 2.50. The Bertz CT molecular complexity index is 576. The second-order valence-corrected chi connectivity index (χ2v) is 7.30. The van der Waals surface area contributed by atoms with Crippen LogP contribution in [0.4, 0.5) is 8.78 Å². The van der Waals surface area contributed by atoms with Gasteiger partial charge in [-0.05, 0) is 67.9 Å². The molecule has 1 aromatic carbocycles. The van der Waals surface area contributed by atoms with Crippen molar-refractivity contribution in [3.8, 4) is 5.75 Å². The molecule has 124 valence electrons. The molecule has 4 aliphatic carbocycles. The van der Waals surface area contributed by atoms with E-state index in [1.54, 1.807) is 18.2 Å². The minimum Gasteiger partial charge on any atom is -0.434 e. The maximum Gasteiger partial charge on any atom is 0.387 e. The van der Waals surface area contributed by atoms with E-state index in [1.165, 1.54) is 38.2 Å². The van der Waals surface area contributed by atoms with Crippen molar-refractivity contribution in [2.75, 3.05) is 0 Å². The smallest absolute Gasteiger partial charge is 0.387 e. The van der Waals surface area contributed by atoms with Crippen LogP contribution in [-0.4, -0.2) is 18.6 Å². The van der Waals surface area contributed by atoms with Gasteiger partial charge in [0, 0.05) is 6.04 Å². The number of benzene rings is 1. The zero-order valence-electron chi connectivity index (χ0n) is 12.9. The number of amides is 1. The van der Waals surface area contributed by atoms with Gasteiger partial charge in [-0.2, -0.15) is 8.78 Å². The summed E-state index contributed by atoms with van der Waals surface area (Å²) < 4.78 is 29.5. The molecule has 0 atom stereocenters. The highest BCUT2D eigenvalue weighted by Gasteiger charge is 2.48. The zero-order chi connectivity index (χ0) is 16.0. The molecule has 4 bridgehead atoms. The van der Waals surface area contributed by atoms with Crippen molar-refractivity contribution in [1.82, 2.24) is 5.32 Å². The SMILES string of the molecule is O=C(NC1C2CC3CC(C2)CC1C3)c1ccccc1OC(F)F. The molecule has 5 rings (SSSR count). The zero-order valence-corrected chi connectivity index (χ0v) is 12.9. The summed E-state index contributed by atoms with van der Waals surface area (Å²) in [5.41, 5.74) is 0.196. The maximum atomic E-state index is 12.6. The van der Waals surface area contributed by atoms with Crippen LogP contribution in [0.3, 0.4) is 0 Å². The molecule has 23 heavy (non-hydrogen) atoms. The lowest BCUT2D eigenvalue weighted by atomic mass is 9.54. The third-order valence-corrected chi connectivity index (χ3v) is 5.87. The van der Waals surface area contributed by atoms with E-state index in [0.29, 0.717) is 11.8 Å². The highest BCUT2D eigenvalue weighted by Crippen LogP contribution is 2.53. The summed E-state index contributed by atoms with van der Waals surface area (Å²) in [7, 11) is 0. The van der Waals surface area contributed by atoms with Crippen LogP contribution in [0.2, 0.25) is 0 Å². The number of carbonyl (C=O) groups is 1. The van der Waals surface area contributed by atoms with Crippen molar-refractivity contribution in [1.29, 1.82) is 0 Å². The van der Waals surface area contributed by atoms with Gasteiger partial charge in [-0.15, -0.1) is 0 Å². The van der Waals surface area contributed by atoms with Crippen molar-refractivity contribution < 1.29 is 18.3 Å². The molecule has 5 heteroatoms. The molecule has 0 aliphatic heterocycles. The Kier molecular flexibility index (Phi) is 3.74. The van der Waals surface area contributed by atoms with Crippen molar-refractivity contribution in [3.63, 3.8) is 0 Å². The summed E-state index contributed by atoms with van der Waals surface area (Å²) >= 11 is 0. The van der Waals surface area contributed by atoms with Crippen molar-refractivity contribution in [3.05, 3.63) is 29.8 Å². The first-order chi connectivity index (χ1) is 11.1. The molecule has 1 amide bonds. The van der Waals surface area contributed by atoms with E-state index in [4.69, 9.17) is 0 Å². The predicted molar refractivity (Wildman–Crippen MR) is 81.4 cm³/mol. The highest BCUT2D eigenvalue weighted by atomic mass is 19.3. The maximum absolute atomic E-state index is 12.6. The quantitative estimate of drug-likeness (QED) is 0.915. The van der Waals surface area contributed by atoms with Gasteiger partial charge in [-0.3, -0.25) is 4.79 Å². The second-order valence-electron chi connectivity index (χ2n) is 7.30. The number of para-hydroxylation sites is 1. The first-order valence-corrected chi connectivity index (χ1v) is 8.45. The Labute approximate surface area is 134 Å². The Morgan fingerprint density at radius 2 is 1.65 bits per heavy atom. The van der Waals surface area contributed by atoms with E-state index in [0.717, 1.165) is 11.8 Å². The first kappa shape index (κ1) is 14.9. The van der Waals surface area contributed by atoms with Gasteiger partial charge in [0.25, 0.3) is 5.91 Å². The number of hydrogen-bond acceptors (Lipinski definition) is 2. The first-order valence-electron chi connectivity index (χ1n) is 8.45. The van der Waals surface area contributed by atoms with E-state index < -0.39 is 6.61 Å². The fraction of sp³-hybridized carbons (Fsp3) is 0.611. The fourth-order valence-electron chi connectivity index (χ4n) is 5.24. The summed E-state index contributed by atoms with van der Waals surface area (Å²) in [6.45, 7) is -2.93. The van der Waals surface area contributed by atoms with Gasteiger partial charge in [-0.1, -0.05) is 12.1 Å². The molecule has 0 heterocycles. The molecule has 0 unspecified atom stereocenters. The van der Waals surface area contributed by atoms with E-state index in [-0.39, 0.29) is 23.3 Å². The normalized spacial score (nSPS) is 34.7. The van der Waals surface area contributed by atoms with E-state index in [9.17, 15) is 13.6 Å². The Morgan fingerprint density at radius 1 is 1.04 bits per heavy atom. The van der Waals surface area contributed by atoms with Crippen LogP contribution in [0.15, 0.2) is 24.3 Å². The number of hydrogen-bond donors (Lipinski definition) is 1. The lowest BCUT2D eigenvalue weighted by Crippen LogP contribution is -2.55. The number of halogens is 2. The number of ether oxygens (including phenoxy) is 1. The number of nitrogens with one attached hydrogen (secondary N) is 1. The summed E-state index contributed by atoms with van der Waals surface area (Å²) in [6.07, 6.45) is 6.17. The molecule has 3 nitrogen and oxygen atoms in total. The van der Waals surface area contributed by atoms with E-state index in [1.807, 2.05) is 0 Å². The Balaban J connectivity index is 1.50. The molecule has 0 spiro atoms. The highest BCUT2D eigenvalue weighted by molar-refractivity contribution is 5.97. The van der Waals surface area contributed by atoms with Crippen LogP contribution in [0.5, 0.6) is 5.75 Å². The predicted octanol–water partition coefficient (Wildman–Crippen LogP) is 3.84. The van der Waals surface area contributed by atoms with Crippen LogP contribution in [0.25, 0.3) is 0 Å². The van der Waals surface area contributed by atoms with Gasteiger partial charge in [0.1, 0.15) is 5.75 Å². The summed E-state index contributed by atoms with van der Waals surface area (Å²) in [4.78, 5) is 12.6.